The van der Waals surface area contributed by atoms with Crippen LogP contribution in [0.2, 0.25) is 0 Å². The van der Waals surface area contributed by atoms with Crippen LogP contribution >= 0.6 is 0 Å². The van der Waals surface area contributed by atoms with E-state index >= 15 is 0 Å². The number of aromatic nitrogens is 3. The number of rotatable bonds is 3. The summed E-state index contributed by atoms with van der Waals surface area (Å²) in [7, 11) is 0. The highest BCUT2D eigenvalue weighted by molar-refractivity contribution is 5.45. The Hall–Kier alpha value is -2.67. The van der Waals surface area contributed by atoms with E-state index in [-0.39, 0.29) is 0 Å². The molecular formula is C15H12N4. The van der Waals surface area contributed by atoms with Gasteiger partial charge in [-0.2, -0.15) is 5.26 Å². The van der Waals surface area contributed by atoms with Crippen LogP contribution in [0.4, 0.5) is 0 Å². The van der Waals surface area contributed by atoms with Crippen molar-refractivity contribution < 1.29 is 0 Å². The summed E-state index contributed by atoms with van der Waals surface area (Å²) >= 11 is 0. The molecule has 92 valence electrons. The molecule has 0 saturated heterocycles. The zero-order valence-electron chi connectivity index (χ0n) is 10.3. The van der Waals surface area contributed by atoms with Gasteiger partial charge in [0.25, 0.3) is 0 Å². The van der Waals surface area contributed by atoms with Gasteiger partial charge in [0.15, 0.2) is 5.65 Å². The van der Waals surface area contributed by atoms with E-state index in [0.29, 0.717) is 5.56 Å². The highest BCUT2D eigenvalue weighted by atomic mass is 15.2. The van der Waals surface area contributed by atoms with Crippen LogP contribution in [0.3, 0.4) is 0 Å². The molecule has 0 bridgehead atoms. The minimum Gasteiger partial charge on any atom is -0.286 e. The average Bonchev–Trinajstić information content (AvgIpc) is 2.88. The Morgan fingerprint density at radius 2 is 1.89 bits per heavy atom. The van der Waals surface area contributed by atoms with Crippen LogP contribution < -0.4 is 0 Å². The molecule has 0 aliphatic carbocycles. The van der Waals surface area contributed by atoms with Gasteiger partial charge in [-0.1, -0.05) is 30.3 Å². The summed E-state index contributed by atoms with van der Waals surface area (Å²) < 4.78 is 1.93. The number of nitriles is 1. The number of fused-ring (bicyclic) bond motifs is 1. The molecule has 2 aromatic heterocycles. The lowest BCUT2D eigenvalue weighted by Crippen LogP contribution is -1.98. The number of nitrogens with zero attached hydrogens (tertiary/aromatic N) is 4. The first kappa shape index (κ1) is 11.4. The average molecular weight is 248 g/mol. The SMILES string of the molecule is N#Cc1ccn2c(CCc3ccccc3)nnc2c1. The highest BCUT2D eigenvalue weighted by Gasteiger charge is 2.06. The van der Waals surface area contributed by atoms with Crippen molar-refractivity contribution in [3.63, 3.8) is 0 Å². The lowest BCUT2D eigenvalue weighted by molar-refractivity contribution is 0.839. The minimum absolute atomic E-state index is 0.606. The monoisotopic (exact) mass is 248 g/mol. The van der Waals surface area contributed by atoms with E-state index in [1.165, 1.54) is 5.56 Å². The Labute approximate surface area is 111 Å². The molecular weight excluding hydrogens is 236 g/mol. The maximum absolute atomic E-state index is 8.85. The summed E-state index contributed by atoms with van der Waals surface area (Å²) in [4.78, 5) is 0. The number of hydrogen-bond donors (Lipinski definition) is 0. The molecule has 3 aromatic rings. The van der Waals surface area contributed by atoms with Gasteiger partial charge in [-0.3, -0.25) is 4.40 Å². The van der Waals surface area contributed by atoms with E-state index in [4.69, 9.17) is 5.26 Å². The van der Waals surface area contributed by atoms with E-state index in [9.17, 15) is 0 Å². The van der Waals surface area contributed by atoms with Crippen LogP contribution in [0.1, 0.15) is 17.0 Å². The summed E-state index contributed by atoms with van der Waals surface area (Å²) in [5.41, 5.74) is 2.62. The molecule has 2 heterocycles. The van der Waals surface area contributed by atoms with Crippen LogP contribution in [-0.2, 0) is 12.8 Å². The van der Waals surface area contributed by atoms with Crippen molar-refractivity contribution in [2.75, 3.05) is 0 Å². The molecule has 0 N–H and O–H groups in total. The first-order valence-electron chi connectivity index (χ1n) is 6.14. The van der Waals surface area contributed by atoms with Crippen LogP contribution in [0.15, 0.2) is 48.7 Å². The van der Waals surface area contributed by atoms with E-state index in [2.05, 4.69) is 28.4 Å². The number of benzene rings is 1. The zero-order valence-corrected chi connectivity index (χ0v) is 10.3. The number of hydrogen-bond acceptors (Lipinski definition) is 3. The Morgan fingerprint density at radius 1 is 1.05 bits per heavy atom. The van der Waals surface area contributed by atoms with Gasteiger partial charge >= 0.3 is 0 Å². The summed E-state index contributed by atoms with van der Waals surface area (Å²) in [6, 6.07) is 15.9. The Morgan fingerprint density at radius 3 is 2.68 bits per heavy atom. The molecule has 3 rings (SSSR count). The molecule has 4 nitrogen and oxygen atoms in total. The van der Waals surface area contributed by atoms with Crippen LogP contribution in [0.25, 0.3) is 5.65 Å². The maximum Gasteiger partial charge on any atom is 0.162 e. The second-order valence-corrected chi connectivity index (χ2v) is 4.36. The summed E-state index contributed by atoms with van der Waals surface area (Å²) in [6.07, 6.45) is 3.62. The highest BCUT2D eigenvalue weighted by Crippen LogP contribution is 2.09. The second kappa shape index (κ2) is 4.91. The van der Waals surface area contributed by atoms with Crippen molar-refractivity contribution in [2.45, 2.75) is 12.8 Å². The maximum atomic E-state index is 8.85. The molecule has 0 saturated carbocycles. The molecule has 1 aromatic carbocycles. The third-order valence-corrected chi connectivity index (χ3v) is 3.09. The Bertz CT molecular complexity index is 738. The summed E-state index contributed by atoms with van der Waals surface area (Å²) in [6.45, 7) is 0. The first-order valence-corrected chi connectivity index (χ1v) is 6.14. The van der Waals surface area contributed by atoms with Crippen molar-refractivity contribution in [1.82, 2.24) is 14.6 Å². The fraction of sp³-hybridized carbons (Fsp3) is 0.133. The Kier molecular flexibility index (Phi) is 2.95. The van der Waals surface area contributed by atoms with Gasteiger partial charge in [0.2, 0.25) is 0 Å². The first-order chi connectivity index (χ1) is 9.36. The quantitative estimate of drug-likeness (QED) is 0.715. The van der Waals surface area contributed by atoms with Crippen LogP contribution in [0.5, 0.6) is 0 Å². The van der Waals surface area contributed by atoms with E-state index in [1.807, 2.05) is 28.8 Å². The van der Waals surface area contributed by atoms with Gasteiger partial charge in [-0.25, -0.2) is 0 Å². The van der Waals surface area contributed by atoms with Crippen molar-refractivity contribution >= 4 is 5.65 Å². The molecule has 4 heteroatoms. The van der Waals surface area contributed by atoms with Gasteiger partial charge in [0.05, 0.1) is 11.6 Å². The predicted molar refractivity (Wildman–Crippen MR) is 71.6 cm³/mol. The molecule has 0 aliphatic heterocycles. The van der Waals surface area contributed by atoms with Gasteiger partial charge in [0.1, 0.15) is 5.82 Å². The topological polar surface area (TPSA) is 54.0 Å². The van der Waals surface area contributed by atoms with Gasteiger partial charge in [-0.15, -0.1) is 10.2 Å². The van der Waals surface area contributed by atoms with E-state index in [1.54, 1.807) is 12.1 Å². The standard InChI is InChI=1S/C15H12N4/c16-11-13-8-9-19-14(17-18-15(19)10-13)7-6-12-4-2-1-3-5-12/h1-5,8-10H,6-7H2. The molecule has 0 fully saturated rings. The summed E-state index contributed by atoms with van der Waals surface area (Å²) in [5, 5.41) is 17.1. The fourth-order valence-electron chi connectivity index (χ4n) is 2.08. The van der Waals surface area contributed by atoms with E-state index in [0.717, 1.165) is 24.3 Å². The number of pyridine rings is 1. The van der Waals surface area contributed by atoms with Gasteiger partial charge < -0.3 is 0 Å². The Balaban J connectivity index is 1.84. The lowest BCUT2D eigenvalue weighted by atomic mass is 10.1. The number of aryl methyl sites for hydroxylation is 2. The molecule has 19 heavy (non-hydrogen) atoms. The minimum atomic E-state index is 0.606. The van der Waals surface area contributed by atoms with Crippen molar-refractivity contribution in [3.8, 4) is 6.07 Å². The molecule has 0 unspecified atom stereocenters. The van der Waals surface area contributed by atoms with Crippen molar-refractivity contribution in [1.29, 1.82) is 5.26 Å². The molecule has 0 radical (unpaired) electrons. The molecule has 0 amide bonds. The van der Waals surface area contributed by atoms with Gasteiger partial charge in [-0.05, 0) is 18.1 Å². The van der Waals surface area contributed by atoms with Crippen molar-refractivity contribution in [2.24, 2.45) is 0 Å². The largest absolute Gasteiger partial charge is 0.286 e. The third kappa shape index (κ3) is 2.31. The summed E-state index contributed by atoms with van der Waals surface area (Å²) in [5.74, 6) is 0.920. The van der Waals surface area contributed by atoms with Gasteiger partial charge in [0, 0.05) is 18.7 Å². The third-order valence-electron chi connectivity index (χ3n) is 3.09. The van der Waals surface area contributed by atoms with Crippen LogP contribution in [0, 0.1) is 11.3 Å². The molecule has 0 spiro atoms. The van der Waals surface area contributed by atoms with E-state index < -0.39 is 0 Å². The lowest BCUT2D eigenvalue weighted by Gasteiger charge is -2.00. The zero-order chi connectivity index (χ0) is 13.1. The normalized spacial score (nSPS) is 10.5. The van der Waals surface area contributed by atoms with Crippen molar-refractivity contribution in [3.05, 3.63) is 65.6 Å². The second-order valence-electron chi connectivity index (χ2n) is 4.36. The molecule has 0 aliphatic rings. The smallest absolute Gasteiger partial charge is 0.162 e. The predicted octanol–water partition coefficient (Wildman–Crippen LogP) is 2.39. The molecule has 0 atom stereocenters. The van der Waals surface area contributed by atoms with Crippen LogP contribution in [-0.4, -0.2) is 14.6 Å². The fourth-order valence-corrected chi connectivity index (χ4v) is 2.08.